The van der Waals surface area contributed by atoms with Crippen molar-refractivity contribution < 1.29 is 4.79 Å². The van der Waals surface area contributed by atoms with E-state index < -0.39 is 0 Å². The van der Waals surface area contributed by atoms with Gasteiger partial charge in [-0.25, -0.2) is 0 Å². The maximum absolute atomic E-state index is 10.9. The van der Waals surface area contributed by atoms with Gasteiger partial charge in [0.05, 0.1) is 16.5 Å². The van der Waals surface area contributed by atoms with Gasteiger partial charge in [-0.2, -0.15) is 4.37 Å². The molecule has 0 aliphatic carbocycles. The van der Waals surface area contributed by atoms with Crippen LogP contribution in [0.4, 0.5) is 0 Å². The number of carbonyl (C=O) groups is 1. The molecule has 0 aromatic carbocycles. The Bertz CT molecular complexity index is 250. The molecule has 0 fully saturated rings. The van der Waals surface area contributed by atoms with Gasteiger partial charge in [0.15, 0.2) is 5.78 Å². The van der Waals surface area contributed by atoms with E-state index in [2.05, 4.69) is 20.3 Å². The first-order valence-corrected chi connectivity index (χ1v) is 4.55. The molecule has 0 bridgehead atoms. The average Bonchev–Trinajstić information content (AvgIpc) is 2.34. The number of hydrogen-bond acceptors (Lipinski definition) is 3. The molecule has 0 atom stereocenters. The molecule has 10 heavy (non-hydrogen) atoms. The minimum atomic E-state index is -0.0870. The zero-order chi connectivity index (χ0) is 7.56. The van der Waals surface area contributed by atoms with E-state index >= 15 is 0 Å². The fourth-order valence-corrected chi connectivity index (χ4v) is 1.94. The Hall–Kier alpha value is 0.0700. The Kier molecular flexibility index (Phi) is 2.82. The van der Waals surface area contributed by atoms with Crippen LogP contribution in [0.3, 0.4) is 0 Å². The monoisotopic (exact) mass is 239 g/mol. The highest BCUT2D eigenvalue weighted by Crippen LogP contribution is 2.20. The van der Waals surface area contributed by atoms with Gasteiger partial charge in [0.1, 0.15) is 4.88 Å². The molecule has 0 radical (unpaired) electrons. The lowest BCUT2D eigenvalue weighted by molar-refractivity contribution is 0.102. The SMILES string of the molecule is O=C(CCl)c1sncc1Br. The summed E-state index contributed by atoms with van der Waals surface area (Å²) >= 11 is 9.65. The van der Waals surface area contributed by atoms with Gasteiger partial charge in [0, 0.05) is 0 Å². The highest BCUT2D eigenvalue weighted by atomic mass is 79.9. The van der Waals surface area contributed by atoms with Crippen LogP contribution >= 0.6 is 39.1 Å². The molecular weight excluding hydrogens is 237 g/mol. The van der Waals surface area contributed by atoms with Gasteiger partial charge < -0.3 is 0 Å². The first-order valence-electron chi connectivity index (χ1n) is 2.45. The molecule has 54 valence electrons. The Morgan fingerprint density at radius 1 is 1.90 bits per heavy atom. The van der Waals surface area contributed by atoms with Gasteiger partial charge in [0.2, 0.25) is 0 Å². The number of Topliss-reactive ketones (excluding diaryl/α,β-unsaturated/α-hetero) is 1. The van der Waals surface area contributed by atoms with Crippen molar-refractivity contribution in [3.8, 4) is 0 Å². The first kappa shape index (κ1) is 8.17. The summed E-state index contributed by atoms with van der Waals surface area (Å²) in [5.74, 6) is -0.0723. The van der Waals surface area contributed by atoms with Crippen LogP contribution in [-0.4, -0.2) is 16.0 Å². The van der Waals surface area contributed by atoms with Gasteiger partial charge in [-0.15, -0.1) is 11.6 Å². The van der Waals surface area contributed by atoms with Gasteiger partial charge in [-0.05, 0) is 27.5 Å². The van der Waals surface area contributed by atoms with E-state index in [-0.39, 0.29) is 11.7 Å². The Balaban J connectivity index is 2.93. The predicted octanol–water partition coefficient (Wildman–Crippen LogP) is 2.33. The smallest absolute Gasteiger partial charge is 0.190 e. The van der Waals surface area contributed by atoms with Crippen molar-refractivity contribution in [2.45, 2.75) is 0 Å². The molecule has 0 aliphatic rings. The number of alkyl halides is 1. The number of halogens is 2. The summed E-state index contributed by atoms with van der Waals surface area (Å²) in [7, 11) is 0. The summed E-state index contributed by atoms with van der Waals surface area (Å²) < 4.78 is 4.53. The molecule has 0 unspecified atom stereocenters. The quantitative estimate of drug-likeness (QED) is 0.587. The van der Waals surface area contributed by atoms with Gasteiger partial charge in [0.25, 0.3) is 0 Å². The van der Waals surface area contributed by atoms with Crippen molar-refractivity contribution in [1.82, 2.24) is 4.37 Å². The zero-order valence-corrected chi connectivity index (χ0v) is 7.96. The number of carbonyl (C=O) groups excluding carboxylic acids is 1. The van der Waals surface area contributed by atoms with Crippen LogP contribution in [0.2, 0.25) is 0 Å². The zero-order valence-electron chi connectivity index (χ0n) is 4.80. The molecule has 2 nitrogen and oxygen atoms in total. The maximum Gasteiger partial charge on any atom is 0.190 e. The van der Waals surface area contributed by atoms with Gasteiger partial charge in [-0.1, -0.05) is 0 Å². The number of aromatic nitrogens is 1. The van der Waals surface area contributed by atoms with E-state index in [9.17, 15) is 4.79 Å². The fraction of sp³-hybridized carbons (Fsp3) is 0.200. The topological polar surface area (TPSA) is 30.0 Å². The molecule has 0 spiro atoms. The minimum absolute atomic E-state index is 0.0147. The van der Waals surface area contributed by atoms with E-state index in [4.69, 9.17) is 11.6 Å². The van der Waals surface area contributed by atoms with Crippen molar-refractivity contribution in [3.63, 3.8) is 0 Å². The lowest BCUT2D eigenvalue weighted by Gasteiger charge is -1.87. The summed E-state index contributed by atoms with van der Waals surface area (Å²) in [5, 5.41) is 0. The summed E-state index contributed by atoms with van der Waals surface area (Å²) in [6.07, 6.45) is 1.59. The van der Waals surface area contributed by atoms with Crippen molar-refractivity contribution >= 4 is 44.8 Å². The molecule has 1 aromatic heterocycles. The molecule has 0 saturated heterocycles. The molecule has 0 N–H and O–H groups in total. The third-order valence-electron chi connectivity index (χ3n) is 0.902. The molecule has 1 heterocycles. The van der Waals surface area contributed by atoms with Gasteiger partial charge >= 0.3 is 0 Å². The molecule has 5 heteroatoms. The van der Waals surface area contributed by atoms with Crippen LogP contribution in [-0.2, 0) is 0 Å². The second-order valence-corrected chi connectivity index (χ2v) is 3.48. The second-order valence-electron chi connectivity index (χ2n) is 1.56. The van der Waals surface area contributed by atoms with E-state index in [0.717, 1.165) is 16.0 Å². The van der Waals surface area contributed by atoms with E-state index in [1.54, 1.807) is 6.20 Å². The molecule has 0 saturated carbocycles. The Morgan fingerprint density at radius 2 is 2.60 bits per heavy atom. The van der Waals surface area contributed by atoms with Crippen LogP contribution < -0.4 is 0 Å². The van der Waals surface area contributed by atoms with Crippen molar-refractivity contribution in [2.75, 3.05) is 5.88 Å². The van der Waals surface area contributed by atoms with Crippen LogP contribution in [0.15, 0.2) is 10.7 Å². The Morgan fingerprint density at radius 3 is 3.00 bits per heavy atom. The summed E-state index contributed by atoms with van der Waals surface area (Å²) in [5.41, 5.74) is 0. The average molecular weight is 241 g/mol. The molecule has 1 aromatic rings. The number of hydrogen-bond donors (Lipinski definition) is 0. The molecule has 0 aliphatic heterocycles. The highest BCUT2D eigenvalue weighted by molar-refractivity contribution is 9.10. The standard InChI is InChI=1S/C5H3BrClNOS/c6-3-2-8-10-5(3)4(9)1-7/h2H,1H2. The maximum atomic E-state index is 10.9. The summed E-state index contributed by atoms with van der Waals surface area (Å²) in [6, 6.07) is 0. The summed E-state index contributed by atoms with van der Waals surface area (Å²) in [4.78, 5) is 11.5. The largest absolute Gasteiger partial charge is 0.292 e. The van der Waals surface area contributed by atoms with E-state index in [1.807, 2.05) is 0 Å². The lowest BCUT2D eigenvalue weighted by Crippen LogP contribution is -1.96. The van der Waals surface area contributed by atoms with Crippen LogP contribution in [0.1, 0.15) is 9.67 Å². The fourth-order valence-electron chi connectivity index (χ4n) is 0.472. The lowest BCUT2D eigenvalue weighted by atomic mass is 10.4. The molecular formula is C5H3BrClNOS. The first-order chi connectivity index (χ1) is 4.75. The molecule has 0 amide bonds. The van der Waals surface area contributed by atoms with E-state index in [1.165, 1.54) is 0 Å². The second kappa shape index (κ2) is 3.46. The van der Waals surface area contributed by atoms with Crippen molar-refractivity contribution in [2.24, 2.45) is 0 Å². The van der Waals surface area contributed by atoms with Crippen LogP contribution in [0, 0.1) is 0 Å². The van der Waals surface area contributed by atoms with E-state index in [0.29, 0.717) is 4.88 Å². The number of nitrogens with zero attached hydrogens (tertiary/aromatic N) is 1. The van der Waals surface area contributed by atoms with Crippen LogP contribution in [0.5, 0.6) is 0 Å². The number of rotatable bonds is 2. The number of ketones is 1. The predicted molar refractivity (Wildman–Crippen MR) is 44.9 cm³/mol. The normalized spacial score (nSPS) is 9.80. The third-order valence-corrected chi connectivity index (χ3v) is 2.85. The third kappa shape index (κ3) is 1.56. The minimum Gasteiger partial charge on any atom is -0.292 e. The van der Waals surface area contributed by atoms with Crippen molar-refractivity contribution in [3.05, 3.63) is 15.5 Å². The highest BCUT2D eigenvalue weighted by Gasteiger charge is 2.10. The summed E-state index contributed by atoms with van der Waals surface area (Å²) in [6.45, 7) is 0. The van der Waals surface area contributed by atoms with Crippen LogP contribution in [0.25, 0.3) is 0 Å². The van der Waals surface area contributed by atoms with Gasteiger partial charge in [-0.3, -0.25) is 4.79 Å². The van der Waals surface area contributed by atoms with Crippen molar-refractivity contribution in [1.29, 1.82) is 0 Å². The Labute approximate surface area is 75.5 Å². The molecule has 1 rings (SSSR count).